The highest BCUT2D eigenvalue weighted by atomic mass is 16.7. The van der Waals surface area contributed by atoms with Crippen LogP contribution in [0, 0.1) is 5.41 Å². The molecule has 0 saturated carbocycles. The molecule has 3 aliphatic heterocycles. The van der Waals surface area contributed by atoms with Gasteiger partial charge in [-0.3, -0.25) is 14.6 Å². The van der Waals surface area contributed by atoms with Gasteiger partial charge in [-0.25, -0.2) is 4.79 Å². The molecule has 0 aromatic heterocycles. The van der Waals surface area contributed by atoms with Crippen LogP contribution in [0.5, 0.6) is 0 Å². The Morgan fingerprint density at radius 2 is 1.57 bits per heavy atom. The minimum atomic E-state index is -1.88. The molecule has 0 aliphatic carbocycles. The minimum absolute atomic E-state index is 0.588. The van der Waals surface area contributed by atoms with E-state index >= 15 is 0 Å². The number of esters is 3. The molecule has 3 atom stereocenters. The molecule has 2 saturated heterocycles. The van der Waals surface area contributed by atoms with Crippen LogP contribution >= 0.6 is 0 Å². The fourth-order valence-corrected chi connectivity index (χ4v) is 5.38. The van der Waals surface area contributed by atoms with Crippen LogP contribution < -0.4 is 0 Å². The van der Waals surface area contributed by atoms with Crippen molar-refractivity contribution in [2.24, 2.45) is 10.5 Å². The summed E-state index contributed by atoms with van der Waals surface area (Å²) < 4.78 is 17.2. The van der Waals surface area contributed by atoms with E-state index in [0.717, 1.165) is 5.56 Å². The Labute approximate surface area is 203 Å². The van der Waals surface area contributed by atoms with Crippen molar-refractivity contribution in [3.63, 3.8) is 0 Å². The van der Waals surface area contributed by atoms with Crippen LogP contribution in [-0.2, 0) is 28.6 Å². The first kappa shape index (κ1) is 23.1. The third kappa shape index (κ3) is 3.50. The molecule has 0 amide bonds. The summed E-state index contributed by atoms with van der Waals surface area (Å²) in [6.45, 7) is 8.33. The van der Waals surface area contributed by atoms with E-state index in [-0.39, 0.29) is 0 Å². The standard InChI is InChI=1S/C27H28N2O6/c1-25(2,3)33-22(30)20-19(16-11-7-6-8-12-16)27(23(31)34-26(4,5)35-24(27)32)21-18-14-10-9-13-17(18)15-28-29(20)21/h6-15,19-21H,1-5H3/t19-,20+,21-/m0/s1. The Morgan fingerprint density at radius 3 is 2.20 bits per heavy atom. The Hall–Kier alpha value is -3.68. The smallest absolute Gasteiger partial charge is 0.331 e. The summed E-state index contributed by atoms with van der Waals surface area (Å²) in [7, 11) is 0. The number of ether oxygens (including phenoxy) is 3. The number of hydrogen-bond acceptors (Lipinski definition) is 8. The predicted molar refractivity (Wildman–Crippen MR) is 126 cm³/mol. The van der Waals surface area contributed by atoms with Gasteiger partial charge in [-0.2, -0.15) is 5.10 Å². The van der Waals surface area contributed by atoms with Gasteiger partial charge in [0, 0.05) is 19.8 Å². The Bertz CT molecular complexity index is 1210. The van der Waals surface area contributed by atoms with Gasteiger partial charge < -0.3 is 14.2 Å². The van der Waals surface area contributed by atoms with E-state index in [1.54, 1.807) is 51.3 Å². The number of hydrazone groups is 1. The number of fused-ring (bicyclic) bond motifs is 4. The molecule has 8 nitrogen and oxygen atoms in total. The van der Waals surface area contributed by atoms with E-state index < -0.39 is 52.7 Å². The van der Waals surface area contributed by atoms with Gasteiger partial charge in [-0.15, -0.1) is 0 Å². The molecule has 5 rings (SSSR count). The van der Waals surface area contributed by atoms with Crippen molar-refractivity contribution in [3.8, 4) is 0 Å². The molecule has 0 bridgehead atoms. The van der Waals surface area contributed by atoms with Crippen molar-refractivity contribution < 1.29 is 28.6 Å². The van der Waals surface area contributed by atoms with Crippen LogP contribution in [0.3, 0.4) is 0 Å². The first-order valence-electron chi connectivity index (χ1n) is 11.6. The molecule has 2 aromatic carbocycles. The largest absolute Gasteiger partial charge is 0.458 e. The van der Waals surface area contributed by atoms with Gasteiger partial charge in [-0.05, 0) is 37.5 Å². The van der Waals surface area contributed by atoms with Crippen molar-refractivity contribution in [1.29, 1.82) is 0 Å². The number of carbonyl (C=O) groups excluding carboxylic acids is 3. The molecule has 0 unspecified atom stereocenters. The number of hydrogen-bond donors (Lipinski definition) is 0. The summed E-state index contributed by atoms with van der Waals surface area (Å²) in [5, 5.41) is 6.11. The third-order valence-corrected chi connectivity index (χ3v) is 6.57. The van der Waals surface area contributed by atoms with E-state index in [1.165, 1.54) is 18.9 Å². The molecular weight excluding hydrogens is 448 g/mol. The zero-order chi connectivity index (χ0) is 25.2. The molecular formula is C27H28N2O6. The maximum absolute atomic E-state index is 14.0. The second kappa shape index (κ2) is 7.66. The summed E-state index contributed by atoms with van der Waals surface area (Å²) >= 11 is 0. The highest BCUT2D eigenvalue weighted by Crippen LogP contribution is 2.62. The lowest BCUT2D eigenvalue weighted by Gasteiger charge is -2.44. The van der Waals surface area contributed by atoms with Crippen LogP contribution in [0.1, 0.15) is 63.3 Å². The van der Waals surface area contributed by atoms with Crippen molar-refractivity contribution >= 4 is 24.1 Å². The molecule has 3 heterocycles. The number of benzene rings is 2. The zero-order valence-electron chi connectivity index (χ0n) is 20.3. The third-order valence-electron chi connectivity index (χ3n) is 6.57. The summed E-state index contributed by atoms with van der Waals surface area (Å²) in [6.07, 6.45) is 1.63. The Balaban J connectivity index is 1.80. The topological polar surface area (TPSA) is 94.5 Å². The zero-order valence-corrected chi connectivity index (χ0v) is 20.3. The number of carbonyl (C=O) groups is 3. The van der Waals surface area contributed by atoms with E-state index in [9.17, 15) is 14.4 Å². The maximum atomic E-state index is 14.0. The molecule has 0 radical (unpaired) electrons. The number of rotatable bonds is 2. The normalized spacial score (nSPS) is 26.0. The summed E-state index contributed by atoms with van der Waals surface area (Å²) in [6, 6.07) is 14.4. The quantitative estimate of drug-likeness (QED) is 0.482. The molecule has 3 aliphatic rings. The molecule has 182 valence electrons. The van der Waals surface area contributed by atoms with Gasteiger partial charge in [0.2, 0.25) is 5.41 Å². The van der Waals surface area contributed by atoms with Crippen LogP contribution in [0.15, 0.2) is 59.7 Å². The number of nitrogens with zero attached hydrogens (tertiary/aromatic N) is 2. The van der Waals surface area contributed by atoms with Gasteiger partial charge in [0.25, 0.3) is 5.79 Å². The fourth-order valence-electron chi connectivity index (χ4n) is 5.38. The van der Waals surface area contributed by atoms with Crippen LogP contribution in [0.2, 0.25) is 0 Å². The average molecular weight is 477 g/mol. The summed E-state index contributed by atoms with van der Waals surface area (Å²) in [5.41, 5.74) is -0.639. The molecule has 2 fully saturated rings. The fraction of sp³-hybridized carbons (Fsp3) is 0.407. The summed E-state index contributed by atoms with van der Waals surface area (Å²) in [5.74, 6) is -4.49. The maximum Gasteiger partial charge on any atom is 0.331 e. The molecule has 2 aromatic rings. The lowest BCUT2D eigenvalue weighted by atomic mass is 9.65. The molecule has 0 N–H and O–H groups in total. The molecule has 1 spiro atoms. The number of cyclic esters (lactones) is 2. The SMILES string of the molecule is CC(C)(C)OC(=O)[C@H]1[C@H](c2ccccc2)C2(C(=O)OC(C)(C)OC2=O)[C@@H]2c3ccccc3C=NN21. The van der Waals surface area contributed by atoms with Crippen molar-refractivity contribution in [2.75, 3.05) is 0 Å². The van der Waals surface area contributed by atoms with Gasteiger partial charge in [0.1, 0.15) is 11.6 Å². The molecule has 8 heteroatoms. The van der Waals surface area contributed by atoms with Gasteiger partial charge >= 0.3 is 17.9 Å². The van der Waals surface area contributed by atoms with Crippen LogP contribution in [0.25, 0.3) is 0 Å². The highest BCUT2D eigenvalue weighted by Gasteiger charge is 2.75. The monoisotopic (exact) mass is 476 g/mol. The van der Waals surface area contributed by atoms with Crippen molar-refractivity contribution in [3.05, 3.63) is 71.3 Å². The molecule has 35 heavy (non-hydrogen) atoms. The first-order chi connectivity index (χ1) is 16.5. The Morgan fingerprint density at radius 1 is 0.971 bits per heavy atom. The predicted octanol–water partition coefficient (Wildman–Crippen LogP) is 3.71. The van der Waals surface area contributed by atoms with E-state index in [0.29, 0.717) is 11.1 Å². The Kier molecular flexibility index (Phi) is 5.05. The van der Waals surface area contributed by atoms with Gasteiger partial charge in [0.05, 0.1) is 6.21 Å². The van der Waals surface area contributed by atoms with Gasteiger partial charge in [-0.1, -0.05) is 54.6 Å². The minimum Gasteiger partial charge on any atom is -0.458 e. The van der Waals surface area contributed by atoms with Crippen LogP contribution in [0.4, 0.5) is 0 Å². The van der Waals surface area contributed by atoms with Crippen LogP contribution in [-0.4, -0.2) is 46.6 Å². The van der Waals surface area contributed by atoms with E-state index in [2.05, 4.69) is 5.10 Å². The second-order valence-corrected chi connectivity index (χ2v) is 10.6. The van der Waals surface area contributed by atoms with Gasteiger partial charge in [0.15, 0.2) is 6.04 Å². The average Bonchev–Trinajstić information content (AvgIpc) is 3.09. The summed E-state index contributed by atoms with van der Waals surface area (Å²) in [4.78, 5) is 41.7. The van der Waals surface area contributed by atoms with Crippen molar-refractivity contribution in [1.82, 2.24) is 5.01 Å². The highest BCUT2D eigenvalue weighted by molar-refractivity contribution is 6.06. The lowest BCUT2D eigenvalue weighted by Crippen LogP contribution is -2.58. The second-order valence-electron chi connectivity index (χ2n) is 10.6. The van der Waals surface area contributed by atoms with E-state index in [1.807, 2.05) is 30.3 Å². The first-order valence-corrected chi connectivity index (χ1v) is 11.6. The van der Waals surface area contributed by atoms with Crippen molar-refractivity contribution in [2.45, 2.75) is 64.0 Å². The van der Waals surface area contributed by atoms with E-state index in [4.69, 9.17) is 14.2 Å². The lowest BCUT2D eigenvalue weighted by molar-refractivity contribution is -0.254.